The second kappa shape index (κ2) is 11.4. The van der Waals surface area contributed by atoms with Crippen LogP contribution in [0.15, 0.2) is 30.6 Å². The molecule has 1 amide bonds. The first-order chi connectivity index (χ1) is 17.9. The Morgan fingerprint density at radius 1 is 1.11 bits per heavy atom. The van der Waals surface area contributed by atoms with Gasteiger partial charge in [0.1, 0.15) is 5.82 Å². The molecule has 2 aromatic heterocycles. The van der Waals surface area contributed by atoms with Gasteiger partial charge in [0.2, 0.25) is 11.9 Å². The summed E-state index contributed by atoms with van der Waals surface area (Å²) in [4.78, 5) is 27.2. The molecular formula is C27H30Cl2FN5O2. The van der Waals surface area contributed by atoms with E-state index in [0.29, 0.717) is 65.2 Å². The van der Waals surface area contributed by atoms with Gasteiger partial charge >= 0.3 is 0 Å². The molecule has 1 unspecified atom stereocenters. The number of aromatic nitrogens is 3. The Kier molecular flexibility index (Phi) is 7.98. The van der Waals surface area contributed by atoms with E-state index in [2.05, 4.69) is 19.9 Å². The number of morpholine rings is 1. The number of carbonyl (C=O) groups is 1. The van der Waals surface area contributed by atoms with Crippen LogP contribution in [-0.2, 0) is 22.4 Å². The van der Waals surface area contributed by atoms with E-state index in [1.807, 2.05) is 17.9 Å². The number of H-pyrrole nitrogens is 1. The zero-order chi connectivity index (χ0) is 25.9. The maximum atomic E-state index is 14.4. The summed E-state index contributed by atoms with van der Waals surface area (Å²) in [5.74, 6) is 0.428. The Morgan fingerprint density at radius 2 is 1.86 bits per heavy atom. The number of anilines is 1. The third-order valence-electron chi connectivity index (χ3n) is 7.27. The number of aromatic amines is 1. The van der Waals surface area contributed by atoms with Crippen molar-refractivity contribution in [3.05, 3.63) is 63.5 Å². The fourth-order valence-corrected chi connectivity index (χ4v) is 5.60. The average molecular weight is 546 g/mol. The number of imidazole rings is 1. The first-order valence-corrected chi connectivity index (χ1v) is 13.4. The number of hydrogen-bond donors (Lipinski definition) is 1. The molecule has 1 N–H and O–H groups in total. The lowest BCUT2D eigenvalue weighted by molar-refractivity contribution is -0.129. The van der Waals surface area contributed by atoms with E-state index in [1.54, 1.807) is 24.5 Å². The van der Waals surface area contributed by atoms with Crippen LogP contribution in [0.4, 0.5) is 10.2 Å². The summed E-state index contributed by atoms with van der Waals surface area (Å²) < 4.78 is 19.7. The van der Waals surface area contributed by atoms with Crippen molar-refractivity contribution < 1.29 is 13.9 Å². The van der Waals surface area contributed by atoms with Gasteiger partial charge in [-0.25, -0.2) is 9.97 Å². The summed E-state index contributed by atoms with van der Waals surface area (Å²) in [6.45, 7) is 5.47. The molecule has 4 heterocycles. The summed E-state index contributed by atoms with van der Waals surface area (Å²) in [5.41, 5.74) is 4.22. The highest BCUT2D eigenvalue weighted by atomic mass is 35.5. The predicted octanol–water partition coefficient (Wildman–Crippen LogP) is 5.23. The zero-order valence-electron chi connectivity index (χ0n) is 20.8. The van der Waals surface area contributed by atoms with Crippen molar-refractivity contribution in [1.29, 1.82) is 0 Å². The van der Waals surface area contributed by atoms with Gasteiger partial charge in [-0.15, -0.1) is 0 Å². The number of fused-ring (bicyclic) bond motifs is 1. The van der Waals surface area contributed by atoms with Gasteiger partial charge in [-0.1, -0.05) is 23.2 Å². The van der Waals surface area contributed by atoms with Gasteiger partial charge in [-0.3, -0.25) is 4.79 Å². The second-order valence-corrected chi connectivity index (χ2v) is 10.4. The van der Waals surface area contributed by atoms with E-state index >= 15 is 0 Å². The summed E-state index contributed by atoms with van der Waals surface area (Å²) in [5, 5.41) is 1.03. The lowest BCUT2D eigenvalue weighted by atomic mass is 9.95. The van der Waals surface area contributed by atoms with Gasteiger partial charge in [0.15, 0.2) is 0 Å². The molecule has 37 heavy (non-hydrogen) atoms. The Hall–Kier alpha value is -2.68. The first kappa shape index (κ1) is 25.9. The van der Waals surface area contributed by atoms with E-state index < -0.39 is 5.95 Å². The Morgan fingerprint density at radius 3 is 2.54 bits per heavy atom. The molecule has 3 aliphatic rings. The number of pyridine rings is 1. The van der Waals surface area contributed by atoms with Crippen molar-refractivity contribution >= 4 is 34.9 Å². The van der Waals surface area contributed by atoms with Gasteiger partial charge in [-0.2, -0.15) is 4.39 Å². The third kappa shape index (κ3) is 5.76. The maximum absolute atomic E-state index is 14.4. The van der Waals surface area contributed by atoms with Crippen LogP contribution in [0.3, 0.4) is 0 Å². The van der Waals surface area contributed by atoms with Crippen LogP contribution in [0.5, 0.6) is 0 Å². The summed E-state index contributed by atoms with van der Waals surface area (Å²) in [6, 6.07) is 7.35. The minimum absolute atomic E-state index is 0.336. The Balaban J connectivity index is 0.000000162. The molecular weight excluding hydrogens is 516 g/mol. The Labute approximate surface area is 225 Å². The van der Waals surface area contributed by atoms with Crippen molar-refractivity contribution in [2.75, 3.05) is 37.7 Å². The fourth-order valence-electron chi connectivity index (χ4n) is 5.11. The number of nitrogens with zero attached hydrogens (tertiary/aromatic N) is 4. The maximum Gasteiger partial charge on any atom is 0.222 e. The lowest BCUT2D eigenvalue weighted by Crippen LogP contribution is -2.40. The lowest BCUT2D eigenvalue weighted by Gasteiger charge is -2.30. The smallest absolute Gasteiger partial charge is 0.222 e. The van der Waals surface area contributed by atoms with E-state index in [0.717, 1.165) is 44.2 Å². The highest BCUT2D eigenvalue weighted by molar-refractivity contribution is 6.36. The van der Waals surface area contributed by atoms with E-state index in [-0.39, 0.29) is 0 Å². The molecule has 6 rings (SSSR count). The van der Waals surface area contributed by atoms with Crippen molar-refractivity contribution in [1.82, 2.24) is 19.9 Å². The van der Waals surface area contributed by atoms with E-state index in [9.17, 15) is 9.18 Å². The minimum atomic E-state index is -0.528. The predicted molar refractivity (Wildman–Crippen MR) is 143 cm³/mol. The average Bonchev–Trinajstić information content (AvgIpc) is 3.56. The monoisotopic (exact) mass is 545 g/mol. The number of likely N-dealkylation sites (tertiary alicyclic amines) is 1. The molecule has 2 fully saturated rings. The van der Waals surface area contributed by atoms with Crippen LogP contribution in [-0.4, -0.2) is 64.6 Å². The van der Waals surface area contributed by atoms with Crippen LogP contribution in [0.1, 0.15) is 36.2 Å². The molecule has 0 bridgehead atoms. The van der Waals surface area contributed by atoms with Crippen molar-refractivity contribution in [3.8, 4) is 11.1 Å². The third-order valence-corrected chi connectivity index (χ3v) is 8.06. The highest BCUT2D eigenvalue weighted by Crippen LogP contribution is 2.33. The number of rotatable bonds is 3. The van der Waals surface area contributed by atoms with Gasteiger partial charge in [0.25, 0.3) is 0 Å². The van der Waals surface area contributed by atoms with Crippen LogP contribution < -0.4 is 4.90 Å². The second-order valence-electron chi connectivity index (χ2n) is 9.59. The molecule has 2 saturated heterocycles. The summed E-state index contributed by atoms with van der Waals surface area (Å²) in [7, 11) is 0. The molecule has 0 saturated carbocycles. The molecule has 3 aromatic rings. The quantitative estimate of drug-likeness (QED) is 0.456. The summed E-state index contributed by atoms with van der Waals surface area (Å²) in [6.07, 6.45) is 6.58. The van der Waals surface area contributed by atoms with Crippen molar-refractivity contribution in [2.45, 2.75) is 45.1 Å². The topological polar surface area (TPSA) is 74.3 Å². The van der Waals surface area contributed by atoms with Gasteiger partial charge in [-0.05, 0) is 61.6 Å². The largest absolute Gasteiger partial charge is 0.378 e. The van der Waals surface area contributed by atoms with E-state index in [1.165, 1.54) is 11.4 Å². The highest BCUT2D eigenvalue weighted by Gasteiger charge is 2.31. The molecule has 1 atom stereocenters. The van der Waals surface area contributed by atoms with Crippen LogP contribution in [0.25, 0.3) is 11.1 Å². The number of halogens is 3. The molecule has 1 aromatic carbocycles. The zero-order valence-corrected chi connectivity index (χ0v) is 22.3. The number of nitrogens with one attached hydrogen (secondary N) is 1. The Bertz CT molecular complexity index is 1250. The standard InChI is InChI=1S/C16H15Cl2FN2O.C11H15N3O/c1-10-13(17)8-11(9-14(10)18)12-2-3-15(20-16(12)19)21-4-6-22-7-5-21;15-11-2-1-5-14(11)8-3-4-9-10(6-8)13-7-12-9/h2-3,8-9H,4-7H2,1H3;7-8H,1-6H2,(H,12,13). The van der Waals surface area contributed by atoms with Crippen LogP contribution in [0, 0.1) is 12.9 Å². The number of amides is 1. The molecule has 0 radical (unpaired) electrons. The number of carbonyl (C=O) groups excluding carboxylic acids is 1. The fraction of sp³-hybridized carbons (Fsp3) is 0.444. The SMILES string of the molecule is Cc1c(Cl)cc(-c2ccc(N3CCOCC3)nc2F)cc1Cl.O=C1CCCN1C1CCc2nc[nH]c2C1. The number of benzene rings is 1. The molecule has 196 valence electrons. The molecule has 2 aliphatic heterocycles. The van der Waals surface area contributed by atoms with Crippen molar-refractivity contribution in [3.63, 3.8) is 0 Å². The number of ether oxygens (including phenoxy) is 1. The number of hydrogen-bond acceptors (Lipinski definition) is 5. The van der Waals surface area contributed by atoms with Gasteiger partial charge in [0, 0.05) is 59.8 Å². The van der Waals surface area contributed by atoms with Crippen LogP contribution >= 0.6 is 23.2 Å². The molecule has 1 aliphatic carbocycles. The van der Waals surface area contributed by atoms with Crippen molar-refractivity contribution in [2.24, 2.45) is 0 Å². The minimum Gasteiger partial charge on any atom is -0.378 e. The molecule has 0 spiro atoms. The molecule has 7 nitrogen and oxygen atoms in total. The number of aryl methyl sites for hydroxylation is 1. The van der Waals surface area contributed by atoms with Crippen LogP contribution in [0.2, 0.25) is 10.0 Å². The summed E-state index contributed by atoms with van der Waals surface area (Å²) >= 11 is 12.2. The normalized spacial score (nSPS) is 19.5. The van der Waals surface area contributed by atoms with Gasteiger partial charge < -0.3 is 19.5 Å². The van der Waals surface area contributed by atoms with E-state index in [4.69, 9.17) is 27.9 Å². The van der Waals surface area contributed by atoms with Gasteiger partial charge in [0.05, 0.1) is 25.2 Å². The first-order valence-electron chi connectivity index (χ1n) is 12.7. The molecule has 10 heteroatoms.